The van der Waals surface area contributed by atoms with E-state index in [9.17, 15) is 0 Å². The molecule has 0 aliphatic rings. The van der Waals surface area contributed by atoms with Gasteiger partial charge in [0, 0.05) is 22.4 Å². The van der Waals surface area contributed by atoms with Gasteiger partial charge in [-0.25, -0.2) is 4.98 Å². The van der Waals surface area contributed by atoms with Crippen LogP contribution in [-0.4, -0.2) is 4.98 Å². The number of benzene rings is 2. The summed E-state index contributed by atoms with van der Waals surface area (Å²) in [5, 5.41) is 4.01. The monoisotopic (exact) mass is 365 g/mol. The van der Waals surface area contributed by atoms with Crippen molar-refractivity contribution in [1.29, 1.82) is 0 Å². The van der Waals surface area contributed by atoms with E-state index in [4.69, 9.17) is 11.6 Å². The second-order valence-electron chi connectivity index (χ2n) is 4.30. The van der Waals surface area contributed by atoms with Gasteiger partial charge in [-0.15, -0.1) is 28.3 Å². The van der Waals surface area contributed by atoms with Gasteiger partial charge in [-0.2, -0.15) is 0 Å². The fourth-order valence-electron chi connectivity index (χ4n) is 1.91. The van der Waals surface area contributed by atoms with Crippen molar-refractivity contribution in [3.05, 3.63) is 75.6 Å². The maximum atomic E-state index is 5.89. The van der Waals surface area contributed by atoms with Gasteiger partial charge in [0.1, 0.15) is 0 Å². The largest absolute Gasteiger partial charge is 0.241 e. The lowest BCUT2D eigenvalue weighted by atomic mass is 10.1. The molecule has 20 heavy (non-hydrogen) atoms. The Balaban J connectivity index is 0.00000147. The van der Waals surface area contributed by atoms with Gasteiger partial charge in [0.2, 0.25) is 0 Å². The zero-order chi connectivity index (χ0) is 13.1. The molecule has 4 heteroatoms. The summed E-state index contributed by atoms with van der Waals surface area (Å²) in [6, 6.07) is 18.2. The van der Waals surface area contributed by atoms with Gasteiger partial charge in [0.05, 0.1) is 10.7 Å². The first-order chi connectivity index (χ1) is 9.31. The molecule has 0 aliphatic carbocycles. The molecular formula is C16H13BrClNS. The highest BCUT2D eigenvalue weighted by atomic mass is 79.9. The Labute approximate surface area is 138 Å². The van der Waals surface area contributed by atoms with Gasteiger partial charge >= 0.3 is 0 Å². The van der Waals surface area contributed by atoms with Crippen LogP contribution in [0.1, 0.15) is 10.6 Å². The van der Waals surface area contributed by atoms with Crippen molar-refractivity contribution < 1.29 is 0 Å². The molecular weight excluding hydrogens is 354 g/mol. The first-order valence-electron chi connectivity index (χ1n) is 6.05. The molecule has 3 aromatic rings. The number of hydrogen-bond donors (Lipinski definition) is 0. The maximum Gasteiger partial charge on any atom is 0.0976 e. The van der Waals surface area contributed by atoms with Crippen LogP contribution in [0.4, 0.5) is 0 Å². The first kappa shape index (κ1) is 15.2. The van der Waals surface area contributed by atoms with Crippen LogP contribution in [0.5, 0.6) is 0 Å². The molecule has 0 bridgehead atoms. The zero-order valence-corrected chi connectivity index (χ0v) is 13.9. The molecule has 0 radical (unpaired) electrons. The van der Waals surface area contributed by atoms with Crippen molar-refractivity contribution in [2.75, 3.05) is 0 Å². The second kappa shape index (κ2) is 7.02. The standard InChI is InChI=1S/C16H12ClNS.BrH/c17-14-8-6-12(7-9-14)10-16-18-15(11-19-16)13-4-2-1-3-5-13;/h1-9,11H,10H2;1H. The number of aromatic nitrogens is 1. The highest BCUT2D eigenvalue weighted by Gasteiger charge is 2.05. The Hall–Kier alpha value is -1.16. The average Bonchev–Trinajstić information content (AvgIpc) is 2.91. The molecule has 2 aromatic carbocycles. The molecule has 0 saturated carbocycles. The van der Waals surface area contributed by atoms with Crippen LogP contribution in [0.25, 0.3) is 11.3 Å². The summed E-state index contributed by atoms with van der Waals surface area (Å²) in [6.45, 7) is 0. The number of thiazole rings is 1. The summed E-state index contributed by atoms with van der Waals surface area (Å²) in [7, 11) is 0. The summed E-state index contributed by atoms with van der Waals surface area (Å²) < 4.78 is 0. The molecule has 0 fully saturated rings. The molecule has 1 heterocycles. The third-order valence-corrected chi connectivity index (χ3v) is 3.99. The third kappa shape index (κ3) is 3.69. The van der Waals surface area contributed by atoms with Crippen molar-refractivity contribution in [3.63, 3.8) is 0 Å². The Bertz CT molecular complexity index is 664. The highest BCUT2D eigenvalue weighted by molar-refractivity contribution is 8.93. The molecule has 0 atom stereocenters. The smallest absolute Gasteiger partial charge is 0.0976 e. The molecule has 0 unspecified atom stereocenters. The van der Waals surface area contributed by atoms with Crippen molar-refractivity contribution in [2.45, 2.75) is 6.42 Å². The van der Waals surface area contributed by atoms with Gasteiger partial charge < -0.3 is 0 Å². The average molecular weight is 367 g/mol. The van der Waals surface area contributed by atoms with E-state index in [1.54, 1.807) is 11.3 Å². The minimum Gasteiger partial charge on any atom is -0.241 e. The van der Waals surface area contributed by atoms with Crippen molar-refractivity contribution in [2.24, 2.45) is 0 Å². The number of hydrogen-bond acceptors (Lipinski definition) is 2. The first-order valence-corrected chi connectivity index (χ1v) is 7.31. The van der Waals surface area contributed by atoms with Crippen LogP contribution < -0.4 is 0 Å². The van der Waals surface area contributed by atoms with E-state index >= 15 is 0 Å². The van der Waals surface area contributed by atoms with Crippen LogP contribution >= 0.6 is 39.9 Å². The maximum absolute atomic E-state index is 5.89. The fraction of sp³-hybridized carbons (Fsp3) is 0.0625. The quantitative estimate of drug-likeness (QED) is 0.585. The number of nitrogens with zero attached hydrogens (tertiary/aromatic N) is 1. The predicted octanol–water partition coefficient (Wildman–Crippen LogP) is 5.63. The summed E-state index contributed by atoms with van der Waals surface area (Å²) in [5.74, 6) is 0. The van der Waals surface area contributed by atoms with Crippen molar-refractivity contribution in [1.82, 2.24) is 4.98 Å². The Morgan fingerprint density at radius 2 is 1.65 bits per heavy atom. The van der Waals surface area contributed by atoms with E-state index in [0.29, 0.717) is 0 Å². The van der Waals surface area contributed by atoms with Crippen molar-refractivity contribution in [3.8, 4) is 11.3 Å². The Morgan fingerprint density at radius 1 is 0.950 bits per heavy atom. The van der Waals surface area contributed by atoms with E-state index in [1.807, 2.05) is 42.5 Å². The zero-order valence-electron chi connectivity index (χ0n) is 10.6. The van der Waals surface area contributed by atoms with Gasteiger partial charge in [-0.05, 0) is 17.7 Å². The summed E-state index contributed by atoms with van der Waals surface area (Å²) >= 11 is 7.59. The third-order valence-electron chi connectivity index (χ3n) is 2.89. The van der Waals surface area contributed by atoms with Gasteiger partial charge in [0.15, 0.2) is 0 Å². The molecule has 1 nitrogen and oxygen atoms in total. The number of rotatable bonds is 3. The van der Waals surface area contributed by atoms with E-state index in [2.05, 4.69) is 22.5 Å². The van der Waals surface area contributed by atoms with Crippen molar-refractivity contribution >= 4 is 39.9 Å². The molecule has 0 spiro atoms. The lowest BCUT2D eigenvalue weighted by Crippen LogP contribution is -1.87. The topological polar surface area (TPSA) is 12.9 Å². The minimum atomic E-state index is 0. The van der Waals surface area contributed by atoms with Crippen LogP contribution in [0.2, 0.25) is 5.02 Å². The lowest BCUT2D eigenvalue weighted by Gasteiger charge is -1.98. The molecule has 3 rings (SSSR count). The van der Waals surface area contributed by atoms with Gasteiger partial charge in [-0.1, -0.05) is 54.1 Å². The van der Waals surface area contributed by atoms with E-state index in [1.165, 1.54) is 11.1 Å². The lowest BCUT2D eigenvalue weighted by molar-refractivity contribution is 1.14. The molecule has 1 aromatic heterocycles. The van der Waals surface area contributed by atoms with E-state index < -0.39 is 0 Å². The normalized spacial score (nSPS) is 10.1. The van der Waals surface area contributed by atoms with E-state index in [-0.39, 0.29) is 17.0 Å². The van der Waals surface area contributed by atoms with Gasteiger partial charge in [0.25, 0.3) is 0 Å². The molecule has 0 N–H and O–H groups in total. The summed E-state index contributed by atoms with van der Waals surface area (Å²) in [6.07, 6.45) is 0.856. The fourth-order valence-corrected chi connectivity index (χ4v) is 2.87. The minimum absolute atomic E-state index is 0. The van der Waals surface area contributed by atoms with Crippen LogP contribution in [0.15, 0.2) is 60.0 Å². The SMILES string of the molecule is Br.Clc1ccc(Cc2nc(-c3ccccc3)cs2)cc1. The molecule has 0 aliphatic heterocycles. The van der Waals surface area contributed by atoms with Gasteiger partial charge in [-0.3, -0.25) is 0 Å². The van der Waals surface area contributed by atoms with Crippen LogP contribution in [-0.2, 0) is 6.42 Å². The summed E-state index contributed by atoms with van der Waals surface area (Å²) in [5.41, 5.74) is 3.45. The highest BCUT2D eigenvalue weighted by Crippen LogP contribution is 2.23. The van der Waals surface area contributed by atoms with E-state index in [0.717, 1.165) is 22.1 Å². The number of halogens is 2. The van der Waals surface area contributed by atoms with Crippen LogP contribution in [0, 0.1) is 0 Å². The van der Waals surface area contributed by atoms with Crippen LogP contribution in [0.3, 0.4) is 0 Å². The Morgan fingerprint density at radius 3 is 2.35 bits per heavy atom. The molecule has 0 amide bonds. The Kier molecular flexibility index (Phi) is 5.35. The molecule has 0 saturated heterocycles. The predicted molar refractivity (Wildman–Crippen MR) is 92.1 cm³/mol. The summed E-state index contributed by atoms with van der Waals surface area (Å²) in [4.78, 5) is 4.68. The molecule has 102 valence electrons. The second-order valence-corrected chi connectivity index (χ2v) is 5.67.